The second-order valence-corrected chi connectivity index (χ2v) is 6.92. The van der Waals surface area contributed by atoms with Gasteiger partial charge in [-0.05, 0) is 48.8 Å². The smallest absolute Gasteiger partial charge is 0.316 e. The van der Waals surface area contributed by atoms with Gasteiger partial charge in [-0.3, -0.25) is 9.78 Å². The van der Waals surface area contributed by atoms with Crippen LogP contribution < -0.4 is 4.74 Å². The van der Waals surface area contributed by atoms with Crippen molar-refractivity contribution in [3.8, 4) is 5.75 Å². The topological polar surface area (TPSA) is 39.2 Å². The lowest BCUT2D eigenvalue weighted by atomic mass is 9.97. The fourth-order valence-electron chi connectivity index (χ4n) is 1.49. The maximum atomic E-state index is 12.0. The van der Waals surface area contributed by atoms with Gasteiger partial charge in [0.15, 0.2) is 5.75 Å². The number of hydrogen-bond acceptors (Lipinski definition) is 3. The van der Waals surface area contributed by atoms with Crippen LogP contribution in [-0.2, 0) is 4.79 Å². The summed E-state index contributed by atoms with van der Waals surface area (Å²) >= 11 is 6.89. The lowest BCUT2D eigenvalue weighted by molar-refractivity contribution is -0.142. The second-order valence-electron chi connectivity index (χ2n) is 5.21. The average molecular weight is 387 g/mol. The summed E-state index contributed by atoms with van der Waals surface area (Å²) in [5.41, 5.74) is 0.0921. The van der Waals surface area contributed by atoms with Crippen LogP contribution in [0.5, 0.6) is 5.75 Å². The fourth-order valence-corrected chi connectivity index (χ4v) is 2.84. The van der Waals surface area contributed by atoms with Gasteiger partial charge in [0.2, 0.25) is 0 Å². The van der Waals surface area contributed by atoms with Gasteiger partial charge in [-0.15, -0.1) is 0 Å². The number of benzene rings is 1. The van der Waals surface area contributed by atoms with Crippen molar-refractivity contribution in [3.63, 3.8) is 0 Å². The first-order valence-electron chi connectivity index (χ1n) is 5.75. The lowest BCUT2D eigenvalue weighted by Crippen LogP contribution is -2.25. The zero-order valence-corrected chi connectivity index (χ0v) is 14.0. The van der Waals surface area contributed by atoms with Crippen molar-refractivity contribution >= 4 is 48.7 Å². The summed E-state index contributed by atoms with van der Waals surface area (Å²) in [4.78, 5) is 16.3. The number of esters is 1. The van der Waals surface area contributed by atoms with Crippen molar-refractivity contribution in [2.75, 3.05) is 0 Å². The predicted molar refractivity (Wildman–Crippen MR) is 82.2 cm³/mol. The standard InChI is InChI=1S/C14H13Br2NO2/c1-14(2,3)13(18)19-12-10(16)7-9(15)8-5-4-6-17-11(8)12/h4-7H,1-3H3. The highest BCUT2D eigenvalue weighted by molar-refractivity contribution is 9.11. The van der Waals surface area contributed by atoms with Crippen molar-refractivity contribution in [2.24, 2.45) is 5.41 Å². The third-order valence-electron chi connectivity index (χ3n) is 2.56. The van der Waals surface area contributed by atoms with Crippen LogP contribution in [0.4, 0.5) is 0 Å². The summed E-state index contributed by atoms with van der Waals surface area (Å²) in [6.07, 6.45) is 1.68. The van der Waals surface area contributed by atoms with Crippen LogP contribution in [0.2, 0.25) is 0 Å². The second kappa shape index (κ2) is 5.21. The molecular formula is C14H13Br2NO2. The largest absolute Gasteiger partial charge is 0.423 e. The van der Waals surface area contributed by atoms with Gasteiger partial charge in [0.05, 0.1) is 9.89 Å². The predicted octanol–water partition coefficient (Wildman–Crippen LogP) is 4.71. The van der Waals surface area contributed by atoms with Crippen LogP contribution in [0.25, 0.3) is 10.9 Å². The Balaban J connectivity index is 2.58. The molecule has 0 bridgehead atoms. The van der Waals surface area contributed by atoms with E-state index in [0.29, 0.717) is 15.7 Å². The monoisotopic (exact) mass is 385 g/mol. The van der Waals surface area contributed by atoms with Gasteiger partial charge in [0.25, 0.3) is 0 Å². The number of halogens is 2. The van der Waals surface area contributed by atoms with E-state index in [4.69, 9.17) is 4.74 Å². The van der Waals surface area contributed by atoms with E-state index in [1.165, 1.54) is 0 Å². The third kappa shape index (κ3) is 2.98. The minimum Gasteiger partial charge on any atom is -0.423 e. The number of nitrogens with zero attached hydrogens (tertiary/aromatic N) is 1. The van der Waals surface area contributed by atoms with E-state index in [-0.39, 0.29) is 5.97 Å². The number of rotatable bonds is 1. The first-order chi connectivity index (χ1) is 8.80. The quantitative estimate of drug-likeness (QED) is 0.526. The van der Waals surface area contributed by atoms with E-state index < -0.39 is 5.41 Å². The van der Waals surface area contributed by atoms with E-state index in [0.717, 1.165) is 9.86 Å². The Labute approximate surface area is 128 Å². The van der Waals surface area contributed by atoms with Gasteiger partial charge in [-0.25, -0.2) is 0 Å². The number of carbonyl (C=O) groups excluding carboxylic acids is 1. The van der Waals surface area contributed by atoms with Gasteiger partial charge in [-0.1, -0.05) is 22.0 Å². The van der Waals surface area contributed by atoms with Crippen LogP contribution in [0.1, 0.15) is 20.8 Å². The average Bonchev–Trinajstić information content (AvgIpc) is 2.33. The Hall–Kier alpha value is -0.940. The molecule has 19 heavy (non-hydrogen) atoms. The molecule has 0 saturated carbocycles. The van der Waals surface area contributed by atoms with E-state index in [1.807, 2.05) is 39.0 Å². The van der Waals surface area contributed by atoms with Gasteiger partial charge >= 0.3 is 5.97 Å². The minimum atomic E-state index is -0.562. The van der Waals surface area contributed by atoms with E-state index in [2.05, 4.69) is 36.8 Å². The summed E-state index contributed by atoms with van der Waals surface area (Å²) in [5, 5.41) is 0.905. The molecule has 100 valence electrons. The molecule has 0 amide bonds. The summed E-state index contributed by atoms with van der Waals surface area (Å²) in [6.45, 7) is 5.45. The number of ether oxygens (including phenoxy) is 1. The molecule has 3 nitrogen and oxygen atoms in total. The summed E-state index contributed by atoms with van der Waals surface area (Å²) in [7, 11) is 0. The highest BCUT2D eigenvalue weighted by atomic mass is 79.9. The van der Waals surface area contributed by atoms with Gasteiger partial charge < -0.3 is 4.74 Å². The van der Waals surface area contributed by atoms with Gasteiger partial charge in [-0.2, -0.15) is 0 Å². The highest BCUT2D eigenvalue weighted by Gasteiger charge is 2.26. The van der Waals surface area contributed by atoms with Crippen LogP contribution in [-0.4, -0.2) is 11.0 Å². The van der Waals surface area contributed by atoms with Gasteiger partial charge in [0, 0.05) is 16.1 Å². The van der Waals surface area contributed by atoms with Crippen LogP contribution in [0.3, 0.4) is 0 Å². The molecule has 0 spiro atoms. The molecule has 1 heterocycles. The molecule has 0 unspecified atom stereocenters. The Morgan fingerprint density at radius 3 is 2.58 bits per heavy atom. The first kappa shape index (κ1) is 14.5. The molecule has 0 N–H and O–H groups in total. The van der Waals surface area contributed by atoms with E-state index in [9.17, 15) is 4.79 Å². The summed E-state index contributed by atoms with van der Waals surface area (Å²) < 4.78 is 7.11. The van der Waals surface area contributed by atoms with E-state index in [1.54, 1.807) is 6.20 Å². The van der Waals surface area contributed by atoms with Gasteiger partial charge in [0.1, 0.15) is 5.52 Å². The Kier molecular flexibility index (Phi) is 3.97. The summed E-state index contributed by atoms with van der Waals surface area (Å²) in [6, 6.07) is 5.62. The number of carbonyl (C=O) groups is 1. The SMILES string of the molecule is CC(C)(C)C(=O)Oc1c(Br)cc(Br)c2cccnc12. The molecule has 2 aromatic rings. The molecule has 1 aromatic heterocycles. The molecule has 0 atom stereocenters. The van der Waals surface area contributed by atoms with Crippen molar-refractivity contribution in [2.45, 2.75) is 20.8 Å². The molecular weight excluding hydrogens is 374 g/mol. The van der Waals surface area contributed by atoms with Crippen molar-refractivity contribution in [1.29, 1.82) is 0 Å². The number of hydrogen-bond donors (Lipinski definition) is 0. The minimum absolute atomic E-state index is 0.289. The Morgan fingerprint density at radius 2 is 1.95 bits per heavy atom. The van der Waals surface area contributed by atoms with Crippen molar-refractivity contribution in [1.82, 2.24) is 4.98 Å². The molecule has 2 rings (SSSR count). The third-order valence-corrected chi connectivity index (χ3v) is 3.80. The zero-order valence-electron chi connectivity index (χ0n) is 10.8. The van der Waals surface area contributed by atoms with Crippen LogP contribution >= 0.6 is 31.9 Å². The van der Waals surface area contributed by atoms with Crippen LogP contribution in [0, 0.1) is 5.41 Å². The lowest BCUT2D eigenvalue weighted by Gasteiger charge is -2.18. The number of fused-ring (bicyclic) bond motifs is 1. The van der Waals surface area contributed by atoms with E-state index >= 15 is 0 Å². The molecule has 0 radical (unpaired) electrons. The number of pyridine rings is 1. The maximum absolute atomic E-state index is 12.0. The maximum Gasteiger partial charge on any atom is 0.316 e. The highest BCUT2D eigenvalue weighted by Crippen LogP contribution is 2.38. The fraction of sp³-hybridized carbons (Fsp3) is 0.286. The molecule has 0 aliphatic carbocycles. The zero-order chi connectivity index (χ0) is 14.2. The Morgan fingerprint density at radius 1 is 1.26 bits per heavy atom. The molecule has 1 aromatic carbocycles. The summed E-state index contributed by atoms with van der Waals surface area (Å²) in [5.74, 6) is 0.168. The molecule has 0 saturated heterocycles. The molecule has 5 heteroatoms. The van der Waals surface area contributed by atoms with Crippen LogP contribution in [0.15, 0.2) is 33.3 Å². The Bertz CT molecular complexity index is 648. The normalized spacial score (nSPS) is 11.6. The number of aromatic nitrogens is 1. The first-order valence-corrected chi connectivity index (χ1v) is 7.34. The van der Waals surface area contributed by atoms with Crippen molar-refractivity contribution in [3.05, 3.63) is 33.3 Å². The molecule has 0 aliphatic heterocycles. The molecule has 0 fully saturated rings. The van der Waals surface area contributed by atoms with Crippen molar-refractivity contribution < 1.29 is 9.53 Å². The molecule has 0 aliphatic rings.